The van der Waals surface area contributed by atoms with Crippen LogP contribution >= 0.6 is 0 Å². The second-order valence-corrected chi connectivity index (χ2v) is 6.94. The molecule has 31 heavy (non-hydrogen) atoms. The van der Waals surface area contributed by atoms with E-state index in [-0.39, 0.29) is 17.6 Å². The van der Waals surface area contributed by atoms with E-state index in [0.717, 1.165) is 25.1 Å². The van der Waals surface area contributed by atoms with Crippen LogP contribution in [-0.2, 0) is 4.79 Å². The molecule has 0 aliphatic carbocycles. The quantitative estimate of drug-likeness (QED) is 0.661. The number of amides is 1. The van der Waals surface area contributed by atoms with Crippen molar-refractivity contribution in [2.75, 3.05) is 23.3 Å². The second kappa shape index (κ2) is 8.58. The molecule has 1 unspecified atom stereocenters. The smallest absolute Gasteiger partial charge is 0.406 e. The van der Waals surface area contributed by atoms with Gasteiger partial charge in [-0.25, -0.2) is 9.67 Å². The van der Waals surface area contributed by atoms with Gasteiger partial charge in [-0.2, -0.15) is 5.10 Å². The highest BCUT2D eigenvalue weighted by Crippen LogP contribution is 2.26. The lowest BCUT2D eigenvalue weighted by Crippen LogP contribution is -2.41. The molecule has 0 radical (unpaired) electrons. The summed E-state index contributed by atoms with van der Waals surface area (Å²) in [6.07, 6.45) is -0.342. The number of piperidine rings is 1. The van der Waals surface area contributed by atoms with E-state index in [1.807, 2.05) is 11.0 Å². The third kappa shape index (κ3) is 5.27. The zero-order chi connectivity index (χ0) is 21.8. The SMILES string of the molecule is O=C(Nc1ccc(OC(F)(F)F)cc1)C1CCCN(c2ccc(-n3cncn3)nn2)C1. The molecule has 3 aromatic rings. The van der Waals surface area contributed by atoms with E-state index in [2.05, 4.69) is 30.3 Å². The molecule has 9 nitrogen and oxygen atoms in total. The number of anilines is 2. The minimum absolute atomic E-state index is 0.207. The summed E-state index contributed by atoms with van der Waals surface area (Å²) in [5, 5.41) is 15.1. The van der Waals surface area contributed by atoms with E-state index in [1.165, 1.54) is 29.5 Å². The zero-order valence-corrected chi connectivity index (χ0v) is 16.2. The molecule has 12 heteroatoms. The topological polar surface area (TPSA) is 98.1 Å². The highest BCUT2D eigenvalue weighted by Gasteiger charge is 2.31. The van der Waals surface area contributed by atoms with Crippen molar-refractivity contribution in [3.63, 3.8) is 0 Å². The first-order chi connectivity index (χ1) is 14.9. The standard InChI is InChI=1S/C19H18F3N7O2/c20-19(21,22)31-15-5-3-14(4-6-15)25-18(30)13-2-1-9-28(10-13)16-7-8-17(27-26-16)29-12-23-11-24-29/h3-8,11-13H,1-2,9-10H2,(H,25,30). The van der Waals surface area contributed by atoms with E-state index in [1.54, 1.807) is 6.07 Å². The van der Waals surface area contributed by atoms with Gasteiger partial charge in [0.15, 0.2) is 11.6 Å². The Hall–Kier alpha value is -3.70. The third-order valence-electron chi connectivity index (χ3n) is 4.76. The summed E-state index contributed by atoms with van der Waals surface area (Å²) < 4.78 is 42.1. The summed E-state index contributed by atoms with van der Waals surface area (Å²) in [4.78, 5) is 18.5. The minimum atomic E-state index is -4.76. The molecule has 2 aromatic heterocycles. The number of carbonyl (C=O) groups excluding carboxylic acids is 1. The van der Waals surface area contributed by atoms with Crippen LogP contribution in [0.5, 0.6) is 5.75 Å². The van der Waals surface area contributed by atoms with Crippen LogP contribution in [-0.4, -0.2) is 50.3 Å². The van der Waals surface area contributed by atoms with Gasteiger partial charge in [0.05, 0.1) is 5.92 Å². The molecule has 1 aromatic carbocycles. The van der Waals surface area contributed by atoms with Gasteiger partial charge in [-0.3, -0.25) is 4.79 Å². The van der Waals surface area contributed by atoms with Crippen LogP contribution < -0.4 is 15.0 Å². The molecule has 1 fully saturated rings. The van der Waals surface area contributed by atoms with Crippen LogP contribution in [0, 0.1) is 5.92 Å². The largest absolute Gasteiger partial charge is 0.573 e. The Morgan fingerprint density at radius 1 is 1.10 bits per heavy atom. The molecular formula is C19H18F3N7O2. The van der Waals surface area contributed by atoms with Gasteiger partial charge < -0.3 is 15.0 Å². The van der Waals surface area contributed by atoms with Gasteiger partial charge in [-0.1, -0.05) is 0 Å². The fourth-order valence-corrected chi connectivity index (χ4v) is 3.32. The van der Waals surface area contributed by atoms with Crippen molar-refractivity contribution < 1.29 is 22.7 Å². The number of halogens is 3. The normalized spacial score (nSPS) is 16.7. The lowest BCUT2D eigenvalue weighted by atomic mass is 9.97. The Morgan fingerprint density at radius 2 is 1.84 bits per heavy atom. The average Bonchev–Trinajstić information content (AvgIpc) is 3.29. The molecule has 1 aliphatic rings. The van der Waals surface area contributed by atoms with Crippen LogP contribution in [0.4, 0.5) is 24.7 Å². The number of benzene rings is 1. The molecule has 0 saturated carbocycles. The Labute approximate surface area is 174 Å². The van der Waals surface area contributed by atoms with Crippen molar-refractivity contribution >= 4 is 17.4 Å². The molecule has 3 heterocycles. The summed E-state index contributed by atoms with van der Waals surface area (Å²) >= 11 is 0. The van der Waals surface area contributed by atoms with Gasteiger partial charge in [0, 0.05) is 18.8 Å². The highest BCUT2D eigenvalue weighted by atomic mass is 19.4. The summed E-state index contributed by atoms with van der Waals surface area (Å²) in [7, 11) is 0. The first-order valence-corrected chi connectivity index (χ1v) is 9.48. The summed E-state index contributed by atoms with van der Waals surface area (Å²) in [6.45, 7) is 1.20. The van der Waals surface area contributed by atoms with Crippen molar-refractivity contribution in [3.8, 4) is 11.6 Å². The monoisotopic (exact) mass is 433 g/mol. The molecule has 4 rings (SSSR count). The minimum Gasteiger partial charge on any atom is -0.406 e. The van der Waals surface area contributed by atoms with E-state index < -0.39 is 6.36 Å². The Morgan fingerprint density at radius 3 is 2.48 bits per heavy atom. The molecule has 1 amide bonds. The average molecular weight is 433 g/mol. The van der Waals surface area contributed by atoms with Crippen molar-refractivity contribution in [2.45, 2.75) is 19.2 Å². The molecule has 162 valence electrons. The number of alkyl halides is 3. The van der Waals surface area contributed by atoms with Gasteiger partial charge in [0.25, 0.3) is 0 Å². The molecular weight excluding hydrogens is 415 g/mol. The Balaban J connectivity index is 1.36. The van der Waals surface area contributed by atoms with Crippen LogP contribution in [0.15, 0.2) is 49.1 Å². The number of rotatable bonds is 5. The molecule has 1 saturated heterocycles. The molecule has 1 aliphatic heterocycles. The lowest BCUT2D eigenvalue weighted by molar-refractivity contribution is -0.274. The van der Waals surface area contributed by atoms with Crippen molar-refractivity contribution in [3.05, 3.63) is 49.1 Å². The summed E-state index contributed by atoms with van der Waals surface area (Å²) in [5.41, 5.74) is 0.397. The first kappa shape index (κ1) is 20.6. The number of nitrogens with zero attached hydrogens (tertiary/aromatic N) is 6. The van der Waals surface area contributed by atoms with Gasteiger partial charge in [-0.05, 0) is 49.2 Å². The maximum Gasteiger partial charge on any atom is 0.573 e. The summed E-state index contributed by atoms with van der Waals surface area (Å²) in [5.74, 6) is 0.334. The predicted octanol–water partition coefficient (Wildman–Crippen LogP) is 2.81. The van der Waals surface area contributed by atoms with Crippen molar-refractivity contribution in [2.24, 2.45) is 5.92 Å². The van der Waals surface area contributed by atoms with Gasteiger partial charge in [0.2, 0.25) is 5.91 Å². The Kier molecular flexibility index (Phi) is 5.69. The lowest BCUT2D eigenvalue weighted by Gasteiger charge is -2.32. The highest BCUT2D eigenvalue weighted by molar-refractivity contribution is 5.93. The molecule has 1 N–H and O–H groups in total. The van der Waals surface area contributed by atoms with Crippen LogP contribution in [0.3, 0.4) is 0 Å². The van der Waals surface area contributed by atoms with Gasteiger partial charge in [-0.15, -0.1) is 23.4 Å². The summed E-state index contributed by atoms with van der Waals surface area (Å²) in [6, 6.07) is 8.63. The number of ether oxygens (including phenoxy) is 1. The fraction of sp³-hybridized carbons (Fsp3) is 0.316. The maximum absolute atomic E-state index is 12.7. The van der Waals surface area contributed by atoms with Crippen LogP contribution in [0.1, 0.15) is 12.8 Å². The molecule has 0 spiro atoms. The van der Waals surface area contributed by atoms with Crippen LogP contribution in [0.2, 0.25) is 0 Å². The second-order valence-electron chi connectivity index (χ2n) is 6.94. The number of hydrogen-bond acceptors (Lipinski definition) is 7. The van der Waals surface area contributed by atoms with E-state index >= 15 is 0 Å². The molecule has 1 atom stereocenters. The number of carbonyl (C=O) groups is 1. The van der Waals surface area contributed by atoms with Gasteiger partial charge >= 0.3 is 6.36 Å². The van der Waals surface area contributed by atoms with E-state index in [9.17, 15) is 18.0 Å². The number of hydrogen-bond donors (Lipinski definition) is 1. The predicted molar refractivity (Wildman–Crippen MR) is 104 cm³/mol. The van der Waals surface area contributed by atoms with Crippen molar-refractivity contribution in [1.29, 1.82) is 0 Å². The number of nitrogens with one attached hydrogen (secondary N) is 1. The first-order valence-electron chi connectivity index (χ1n) is 9.48. The third-order valence-corrected chi connectivity index (χ3v) is 4.76. The number of aromatic nitrogens is 5. The zero-order valence-electron chi connectivity index (χ0n) is 16.2. The van der Waals surface area contributed by atoms with Crippen molar-refractivity contribution in [1.82, 2.24) is 25.0 Å². The van der Waals surface area contributed by atoms with Crippen LogP contribution in [0.25, 0.3) is 5.82 Å². The van der Waals surface area contributed by atoms with Gasteiger partial charge in [0.1, 0.15) is 18.4 Å². The van der Waals surface area contributed by atoms with E-state index in [0.29, 0.717) is 30.3 Å². The maximum atomic E-state index is 12.7. The van der Waals surface area contributed by atoms with E-state index in [4.69, 9.17) is 0 Å². The Bertz CT molecular complexity index is 1010. The fourth-order valence-electron chi connectivity index (χ4n) is 3.32. The molecule has 0 bridgehead atoms.